The van der Waals surface area contributed by atoms with Gasteiger partial charge in [-0.3, -0.25) is 9.59 Å². The molecule has 0 unspecified atom stereocenters. The van der Waals surface area contributed by atoms with Crippen molar-refractivity contribution in [2.45, 2.75) is 19.9 Å². The zero-order chi connectivity index (χ0) is 17.5. The molecule has 0 aliphatic rings. The number of aryl methyl sites for hydroxylation is 1. The van der Waals surface area contributed by atoms with Gasteiger partial charge in [0.25, 0.3) is 5.91 Å². The first-order valence-electron chi connectivity index (χ1n) is 7.79. The van der Waals surface area contributed by atoms with Crippen LogP contribution in [0.15, 0.2) is 48.5 Å². The lowest BCUT2D eigenvalue weighted by Gasteiger charge is -2.17. The van der Waals surface area contributed by atoms with Crippen LogP contribution in [0.25, 0.3) is 0 Å². The van der Waals surface area contributed by atoms with Crippen LogP contribution in [0.4, 0.5) is 4.39 Å². The van der Waals surface area contributed by atoms with Crippen LogP contribution in [-0.2, 0) is 11.3 Å². The minimum Gasteiger partial charge on any atom is -0.352 e. The zero-order valence-electron chi connectivity index (χ0n) is 13.9. The largest absolute Gasteiger partial charge is 0.352 e. The molecule has 2 aromatic rings. The van der Waals surface area contributed by atoms with E-state index in [4.69, 9.17) is 0 Å². The molecule has 24 heavy (non-hydrogen) atoms. The molecule has 0 radical (unpaired) electrons. The fourth-order valence-corrected chi connectivity index (χ4v) is 2.36. The third kappa shape index (κ3) is 5.19. The van der Waals surface area contributed by atoms with Gasteiger partial charge >= 0.3 is 0 Å². The van der Waals surface area contributed by atoms with E-state index in [1.807, 2.05) is 19.1 Å². The summed E-state index contributed by atoms with van der Waals surface area (Å²) < 4.78 is 13.1. The highest BCUT2D eigenvalue weighted by Gasteiger charge is 2.11. The highest BCUT2D eigenvalue weighted by molar-refractivity contribution is 5.94. The maximum Gasteiger partial charge on any atom is 0.251 e. The standard InChI is InChI=1S/C19H21FN2O2/c1-14-5-3-7-16(11-14)19(24)21-10-9-18(23)22(2)13-15-6-4-8-17(20)12-15/h3-8,11-12H,9-10,13H2,1-2H3,(H,21,24). The second-order valence-electron chi connectivity index (χ2n) is 5.76. The maximum absolute atomic E-state index is 13.1. The molecule has 0 aromatic heterocycles. The summed E-state index contributed by atoms with van der Waals surface area (Å²) in [5.41, 5.74) is 2.32. The van der Waals surface area contributed by atoms with Gasteiger partial charge in [-0.05, 0) is 36.8 Å². The first kappa shape index (κ1) is 17.7. The number of benzene rings is 2. The molecule has 2 aromatic carbocycles. The molecule has 2 amide bonds. The molecule has 0 aliphatic heterocycles. The van der Waals surface area contributed by atoms with Gasteiger partial charge in [-0.15, -0.1) is 0 Å². The second-order valence-corrected chi connectivity index (χ2v) is 5.76. The Labute approximate surface area is 141 Å². The van der Waals surface area contributed by atoms with E-state index in [0.717, 1.165) is 11.1 Å². The number of hydrogen-bond acceptors (Lipinski definition) is 2. The van der Waals surface area contributed by atoms with Gasteiger partial charge in [0.05, 0.1) is 0 Å². The lowest BCUT2D eigenvalue weighted by molar-refractivity contribution is -0.130. The van der Waals surface area contributed by atoms with Gasteiger partial charge in [0.1, 0.15) is 5.82 Å². The van der Waals surface area contributed by atoms with E-state index < -0.39 is 0 Å². The molecular formula is C19H21FN2O2. The molecule has 1 N–H and O–H groups in total. The molecule has 0 atom stereocenters. The Morgan fingerprint density at radius 2 is 1.88 bits per heavy atom. The van der Waals surface area contributed by atoms with Crippen LogP contribution in [0.3, 0.4) is 0 Å². The van der Waals surface area contributed by atoms with Crippen LogP contribution in [-0.4, -0.2) is 30.3 Å². The molecule has 0 saturated heterocycles. The number of carbonyl (C=O) groups excluding carboxylic acids is 2. The predicted octanol–water partition coefficient (Wildman–Crippen LogP) is 2.91. The summed E-state index contributed by atoms with van der Waals surface area (Å²) in [6.45, 7) is 2.52. The number of hydrogen-bond donors (Lipinski definition) is 1. The lowest BCUT2D eigenvalue weighted by atomic mass is 10.1. The van der Waals surface area contributed by atoms with E-state index in [-0.39, 0.29) is 30.6 Å². The highest BCUT2D eigenvalue weighted by atomic mass is 19.1. The number of amides is 2. The molecule has 126 valence electrons. The van der Waals surface area contributed by atoms with Gasteiger partial charge in [0.15, 0.2) is 0 Å². The van der Waals surface area contributed by atoms with Gasteiger partial charge in [-0.1, -0.05) is 29.8 Å². The minimum absolute atomic E-state index is 0.108. The van der Waals surface area contributed by atoms with Crippen molar-refractivity contribution < 1.29 is 14.0 Å². The average molecular weight is 328 g/mol. The predicted molar refractivity (Wildman–Crippen MR) is 91.0 cm³/mol. The quantitative estimate of drug-likeness (QED) is 0.886. The maximum atomic E-state index is 13.1. The van der Waals surface area contributed by atoms with Crippen molar-refractivity contribution in [2.75, 3.05) is 13.6 Å². The average Bonchev–Trinajstić information content (AvgIpc) is 2.54. The molecule has 0 fully saturated rings. The Bertz CT molecular complexity index is 731. The fourth-order valence-electron chi connectivity index (χ4n) is 2.36. The molecule has 0 saturated carbocycles. The van der Waals surface area contributed by atoms with Crippen molar-refractivity contribution in [2.24, 2.45) is 0 Å². The zero-order valence-corrected chi connectivity index (χ0v) is 13.9. The topological polar surface area (TPSA) is 49.4 Å². The summed E-state index contributed by atoms with van der Waals surface area (Å²) in [4.78, 5) is 25.6. The van der Waals surface area contributed by atoms with Crippen molar-refractivity contribution in [1.29, 1.82) is 0 Å². The van der Waals surface area contributed by atoms with Crippen LogP contribution in [0, 0.1) is 12.7 Å². The summed E-state index contributed by atoms with van der Waals surface area (Å²) in [6.07, 6.45) is 0.198. The summed E-state index contributed by atoms with van der Waals surface area (Å²) in [6, 6.07) is 13.4. The van der Waals surface area contributed by atoms with Crippen LogP contribution >= 0.6 is 0 Å². The van der Waals surface area contributed by atoms with E-state index in [9.17, 15) is 14.0 Å². The van der Waals surface area contributed by atoms with Crippen LogP contribution in [0.2, 0.25) is 0 Å². The van der Waals surface area contributed by atoms with Crippen molar-refractivity contribution in [3.8, 4) is 0 Å². The third-order valence-corrected chi connectivity index (χ3v) is 3.64. The Balaban J connectivity index is 1.79. The third-order valence-electron chi connectivity index (χ3n) is 3.64. The number of nitrogens with zero attached hydrogens (tertiary/aromatic N) is 1. The molecule has 4 nitrogen and oxygen atoms in total. The molecule has 5 heteroatoms. The fraction of sp³-hybridized carbons (Fsp3) is 0.263. The molecule has 0 bridgehead atoms. The summed E-state index contributed by atoms with van der Waals surface area (Å²) in [7, 11) is 1.66. The Hall–Kier alpha value is -2.69. The van der Waals surface area contributed by atoms with E-state index >= 15 is 0 Å². The molecule has 0 spiro atoms. The van der Waals surface area contributed by atoms with E-state index in [0.29, 0.717) is 12.1 Å². The van der Waals surface area contributed by atoms with Gasteiger partial charge in [-0.2, -0.15) is 0 Å². The number of rotatable bonds is 6. The smallest absolute Gasteiger partial charge is 0.251 e. The van der Waals surface area contributed by atoms with Gasteiger partial charge < -0.3 is 10.2 Å². The lowest BCUT2D eigenvalue weighted by Crippen LogP contribution is -2.31. The van der Waals surface area contributed by atoms with Gasteiger partial charge in [0, 0.05) is 32.1 Å². The van der Waals surface area contributed by atoms with Gasteiger partial charge in [-0.25, -0.2) is 4.39 Å². The second kappa shape index (κ2) is 8.24. The number of halogens is 1. The first-order chi connectivity index (χ1) is 11.5. The normalized spacial score (nSPS) is 10.3. The SMILES string of the molecule is Cc1cccc(C(=O)NCCC(=O)N(C)Cc2cccc(F)c2)c1. The van der Waals surface area contributed by atoms with Crippen molar-refractivity contribution >= 4 is 11.8 Å². The highest BCUT2D eigenvalue weighted by Crippen LogP contribution is 2.07. The number of nitrogens with one attached hydrogen (secondary N) is 1. The first-order valence-corrected chi connectivity index (χ1v) is 7.79. The summed E-state index contributed by atoms with van der Waals surface area (Å²) in [5, 5.41) is 2.74. The van der Waals surface area contributed by atoms with E-state index in [1.54, 1.807) is 31.3 Å². The van der Waals surface area contributed by atoms with Crippen molar-refractivity contribution in [3.63, 3.8) is 0 Å². The van der Waals surface area contributed by atoms with Crippen LogP contribution in [0.5, 0.6) is 0 Å². The van der Waals surface area contributed by atoms with Crippen molar-refractivity contribution in [3.05, 3.63) is 71.0 Å². The number of carbonyl (C=O) groups is 2. The van der Waals surface area contributed by atoms with Gasteiger partial charge in [0.2, 0.25) is 5.91 Å². The summed E-state index contributed by atoms with van der Waals surface area (Å²) >= 11 is 0. The van der Waals surface area contributed by atoms with Crippen molar-refractivity contribution in [1.82, 2.24) is 10.2 Å². The Morgan fingerprint density at radius 1 is 1.12 bits per heavy atom. The molecule has 2 rings (SSSR count). The summed E-state index contributed by atoms with van der Waals surface area (Å²) in [5.74, 6) is -0.623. The van der Waals surface area contributed by atoms with E-state index in [2.05, 4.69) is 5.32 Å². The minimum atomic E-state index is -0.321. The Morgan fingerprint density at radius 3 is 2.58 bits per heavy atom. The van der Waals surface area contributed by atoms with Crippen LogP contribution in [0.1, 0.15) is 27.9 Å². The van der Waals surface area contributed by atoms with E-state index in [1.165, 1.54) is 17.0 Å². The Kier molecular flexibility index (Phi) is 6.07. The monoisotopic (exact) mass is 328 g/mol. The molecule has 0 heterocycles. The van der Waals surface area contributed by atoms with Crippen LogP contribution < -0.4 is 5.32 Å². The molecule has 0 aliphatic carbocycles. The molecular weight excluding hydrogens is 307 g/mol.